The molecule has 3 saturated heterocycles. The number of rotatable bonds is 3. The summed E-state index contributed by atoms with van der Waals surface area (Å²) in [5, 5.41) is 0. The molecule has 0 amide bonds. The van der Waals surface area contributed by atoms with Gasteiger partial charge in [-0.15, -0.1) is 0 Å². The topological polar surface area (TPSA) is 65.1 Å². The number of nitrogens with zero attached hydrogens (tertiary/aromatic N) is 1. The third kappa shape index (κ3) is 2.38. The Hall–Kier alpha value is -2.96. The molecule has 0 radical (unpaired) electrons. The highest BCUT2D eigenvalue weighted by Gasteiger charge is 2.63. The van der Waals surface area contributed by atoms with E-state index in [9.17, 15) is 9.59 Å². The number of Topliss-reactive ketones (excluding diaryl/α,β-unsaturated/α-hetero) is 2. The van der Waals surface area contributed by atoms with Gasteiger partial charge in [-0.3, -0.25) is 9.59 Å². The van der Waals surface area contributed by atoms with Gasteiger partial charge in [-0.1, -0.05) is 24.3 Å². The lowest BCUT2D eigenvalue weighted by atomic mass is 9.75. The molecule has 4 heterocycles. The van der Waals surface area contributed by atoms with Crippen LogP contribution in [0.5, 0.6) is 5.75 Å². The maximum Gasteiger partial charge on any atom is 0.218 e. The number of ketones is 2. The molecule has 3 fully saturated rings. The maximum atomic E-state index is 13.7. The Labute approximate surface area is 174 Å². The molecular formula is C24H21NO5. The fourth-order valence-electron chi connectivity index (χ4n) is 5.55. The van der Waals surface area contributed by atoms with E-state index in [0.717, 1.165) is 11.1 Å². The molecule has 0 aromatic heterocycles. The van der Waals surface area contributed by atoms with Crippen molar-refractivity contribution in [2.24, 2.45) is 11.8 Å². The van der Waals surface area contributed by atoms with Gasteiger partial charge in [-0.2, -0.15) is 0 Å². The first-order chi connectivity index (χ1) is 14.7. The van der Waals surface area contributed by atoms with Crippen LogP contribution in [0.3, 0.4) is 0 Å². The summed E-state index contributed by atoms with van der Waals surface area (Å²) < 4.78 is 16.7. The predicted octanol–water partition coefficient (Wildman–Crippen LogP) is 2.84. The van der Waals surface area contributed by atoms with Crippen molar-refractivity contribution in [1.82, 2.24) is 4.90 Å². The highest BCUT2D eigenvalue weighted by atomic mass is 16.7. The van der Waals surface area contributed by atoms with Crippen LogP contribution in [0.4, 0.5) is 0 Å². The largest absolute Gasteiger partial charge is 0.497 e. The molecule has 152 valence electrons. The van der Waals surface area contributed by atoms with Crippen LogP contribution in [0.25, 0.3) is 6.08 Å². The number of fused-ring (bicyclic) bond motifs is 8. The van der Waals surface area contributed by atoms with Gasteiger partial charge in [-0.05, 0) is 41.5 Å². The van der Waals surface area contributed by atoms with Crippen LogP contribution in [-0.2, 0) is 14.3 Å². The van der Waals surface area contributed by atoms with Gasteiger partial charge >= 0.3 is 0 Å². The number of methoxy groups -OCH3 is 1. The standard InChI is InChI=1S/C24H21NO5/c1-28-15-8-6-14(7-9-15)22(26)21-18-17-12-29-24(30-17)23(27)19(18)20-16-5-3-2-4-13(16)10-11-25(20)21/h2-11,17-21,24H,12H2,1H3/t17?,18-,19+,20-,21?,24?/m0/s1. The van der Waals surface area contributed by atoms with E-state index >= 15 is 0 Å². The second-order valence-corrected chi connectivity index (χ2v) is 8.22. The van der Waals surface area contributed by atoms with E-state index < -0.39 is 12.3 Å². The summed E-state index contributed by atoms with van der Waals surface area (Å²) in [5.74, 6) is 0.0322. The van der Waals surface area contributed by atoms with Crippen molar-refractivity contribution >= 4 is 17.6 Å². The van der Waals surface area contributed by atoms with Gasteiger partial charge in [0, 0.05) is 17.7 Å². The van der Waals surface area contributed by atoms with Crippen LogP contribution < -0.4 is 4.74 Å². The van der Waals surface area contributed by atoms with Crippen LogP contribution in [0.1, 0.15) is 27.5 Å². The van der Waals surface area contributed by atoms with Gasteiger partial charge in [0.1, 0.15) is 5.75 Å². The van der Waals surface area contributed by atoms with Gasteiger partial charge in [0.15, 0.2) is 11.6 Å². The first kappa shape index (κ1) is 17.9. The van der Waals surface area contributed by atoms with E-state index in [1.807, 2.05) is 30.5 Å². The average molecular weight is 403 g/mol. The molecular weight excluding hydrogens is 382 g/mol. The zero-order valence-electron chi connectivity index (χ0n) is 16.4. The molecule has 0 spiro atoms. The lowest BCUT2D eigenvalue weighted by molar-refractivity contribution is -0.164. The van der Waals surface area contributed by atoms with E-state index in [2.05, 4.69) is 11.0 Å². The number of ether oxygens (including phenoxy) is 3. The zero-order valence-corrected chi connectivity index (χ0v) is 16.4. The van der Waals surface area contributed by atoms with Gasteiger partial charge in [0.25, 0.3) is 0 Å². The van der Waals surface area contributed by atoms with E-state index in [4.69, 9.17) is 14.2 Å². The summed E-state index contributed by atoms with van der Waals surface area (Å²) in [7, 11) is 1.60. The minimum Gasteiger partial charge on any atom is -0.497 e. The molecule has 2 aromatic rings. The second kappa shape index (κ2) is 6.52. The third-order valence-electron chi connectivity index (χ3n) is 6.85. The Balaban J connectivity index is 1.47. The smallest absolute Gasteiger partial charge is 0.218 e. The van der Waals surface area contributed by atoms with Crippen molar-refractivity contribution in [2.45, 2.75) is 24.5 Å². The van der Waals surface area contributed by atoms with Crippen molar-refractivity contribution in [3.8, 4) is 5.75 Å². The van der Waals surface area contributed by atoms with Gasteiger partial charge in [0.2, 0.25) is 6.29 Å². The third-order valence-corrected chi connectivity index (χ3v) is 6.85. The summed E-state index contributed by atoms with van der Waals surface area (Å²) in [6, 6.07) is 14.5. The van der Waals surface area contributed by atoms with Crippen molar-refractivity contribution in [3.05, 3.63) is 71.4 Å². The highest BCUT2D eigenvalue weighted by molar-refractivity contribution is 6.02. The van der Waals surface area contributed by atoms with Crippen LogP contribution in [0.2, 0.25) is 0 Å². The quantitative estimate of drug-likeness (QED) is 0.735. The monoisotopic (exact) mass is 403 g/mol. The molecule has 30 heavy (non-hydrogen) atoms. The Morgan fingerprint density at radius 2 is 1.93 bits per heavy atom. The van der Waals surface area contributed by atoms with Crippen molar-refractivity contribution in [1.29, 1.82) is 0 Å². The van der Waals surface area contributed by atoms with E-state index in [1.165, 1.54) is 0 Å². The SMILES string of the molecule is COc1ccc(C(=O)C2[C@H]3C4COC(O4)C(=O)[C@H]3[C@@H]3c4ccccc4C=CN23)cc1. The van der Waals surface area contributed by atoms with Crippen LogP contribution in [0, 0.1) is 11.8 Å². The van der Waals surface area contributed by atoms with Crippen LogP contribution in [0.15, 0.2) is 54.7 Å². The van der Waals surface area contributed by atoms with Gasteiger partial charge in [0.05, 0.1) is 37.8 Å². The Bertz CT molecular complexity index is 1060. The Kier molecular flexibility index (Phi) is 3.88. The predicted molar refractivity (Wildman–Crippen MR) is 108 cm³/mol. The lowest BCUT2D eigenvalue weighted by Crippen LogP contribution is -2.48. The second-order valence-electron chi connectivity index (χ2n) is 8.22. The number of benzene rings is 2. The maximum absolute atomic E-state index is 13.7. The molecule has 6 atom stereocenters. The molecule has 0 saturated carbocycles. The normalized spacial score (nSPS) is 33.1. The van der Waals surface area contributed by atoms with E-state index in [0.29, 0.717) is 17.9 Å². The number of hydrogen-bond acceptors (Lipinski definition) is 6. The van der Waals surface area contributed by atoms with Crippen LogP contribution >= 0.6 is 0 Å². The zero-order chi connectivity index (χ0) is 20.4. The first-order valence-corrected chi connectivity index (χ1v) is 10.2. The fraction of sp³-hybridized carbons (Fsp3) is 0.333. The first-order valence-electron chi connectivity index (χ1n) is 10.2. The van der Waals surface area contributed by atoms with Gasteiger partial charge in [-0.25, -0.2) is 0 Å². The highest BCUT2D eigenvalue weighted by Crippen LogP contribution is 2.54. The molecule has 6 rings (SSSR count). The van der Waals surface area contributed by atoms with E-state index in [-0.39, 0.29) is 35.5 Å². The molecule has 2 bridgehead atoms. The summed E-state index contributed by atoms with van der Waals surface area (Å²) in [6.07, 6.45) is 2.92. The molecule has 4 aliphatic heterocycles. The van der Waals surface area contributed by atoms with Crippen molar-refractivity contribution in [2.75, 3.05) is 13.7 Å². The average Bonchev–Trinajstić information content (AvgIpc) is 3.38. The number of hydrogen-bond donors (Lipinski definition) is 0. The minimum absolute atomic E-state index is 0.0130. The summed E-state index contributed by atoms with van der Waals surface area (Å²) in [6.45, 7) is 0.343. The van der Waals surface area contributed by atoms with Crippen LogP contribution in [-0.4, -0.2) is 48.6 Å². The molecule has 2 aromatic carbocycles. The number of carbonyl (C=O) groups is 2. The summed E-state index contributed by atoms with van der Waals surface area (Å²) >= 11 is 0. The lowest BCUT2D eigenvalue weighted by Gasteiger charge is -2.34. The molecule has 0 N–H and O–H groups in total. The van der Waals surface area contributed by atoms with Crippen molar-refractivity contribution < 1.29 is 23.8 Å². The molecule has 4 aliphatic rings. The fourth-order valence-corrected chi connectivity index (χ4v) is 5.55. The van der Waals surface area contributed by atoms with Crippen molar-refractivity contribution in [3.63, 3.8) is 0 Å². The minimum atomic E-state index is -0.814. The number of carbonyl (C=O) groups excluding carboxylic acids is 2. The Morgan fingerprint density at radius 3 is 2.73 bits per heavy atom. The summed E-state index contributed by atoms with van der Waals surface area (Å²) in [4.78, 5) is 29.1. The molecule has 0 aliphatic carbocycles. The Morgan fingerprint density at radius 1 is 1.13 bits per heavy atom. The van der Waals surface area contributed by atoms with E-state index in [1.54, 1.807) is 31.4 Å². The van der Waals surface area contributed by atoms with Gasteiger partial charge < -0.3 is 19.1 Å². The molecule has 6 nitrogen and oxygen atoms in total. The molecule has 6 heteroatoms. The molecule has 3 unspecified atom stereocenters. The summed E-state index contributed by atoms with van der Waals surface area (Å²) in [5.41, 5.74) is 2.76.